The molecule has 2 saturated carbocycles. The second-order valence-corrected chi connectivity index (χ2v) is 6.00. The van der Waals surface area contributed by atoms with E-state index in [9.17, 15) is 9.59 Å². The van der Waals surface area contributed by atoms with E-state index in [0.29, 0.717) is 16.6 Å². The third-order valence-electron chi connectivity index (χ3n) is 4.30. The summed E-state index contributed by atoms with van der Waals surface area (Å²) in [5.41, 5.74) is 1.63. The highest BCUT2D eigenvalue weighted by molar-refractivity contribution is 5.98. The van der Waals surface area contributed by atoms with Crippen LogP contribution in [0.4, 0.5) is 0 Å². The molecule has 0 bridgehead atoms. The molecule has 0 aliphatic heterocycles. The fraction of sp³-hybridized carbons (Fsp3) is 0.600. The summed E-state index contributed by atoms with van der Waals surface area (Å²) in [6.45, 7) is 11.0. The van der Waals surface area contributed by atoms with E-state index in [1.807, 2.05) is 0 Å². The second kappa shape index (κ2) is 3.94. The van der Waals surface area contributed by atoms with Gasteiger partial charge in [0.2, 0.25) is 0 Å². The molecule has 2 aliphatic carbocycles. The number of hydrogen-bond acceptors (Lipinski definition) is 2. The molecule has 2 rings (SSSR count). The van der Waals surface area contributed by atoms with Crippen molar-refractivity contribution in [2.45, 2.75) is 39.5 Å². The lowest BCUT2D eigenvalue weighted by Crippen LogP contribution is -2.51. The van der Waals surface area contributed by atoms with Gasteiger partial charge in [0, 0.05) is 11.8 Å². The summed E-state index contributed by atoms with van der Waals surface area (Å²) >= 11 is 0. The van der Waals surface area contributed by atoms with E-state index in [1.165, 1.54) is 0 Å². The number of allylic oxidation sites excluding steroid dienone is 2. The van der Waals surface area contributed by atoms with Gasteiger partial charge in [0.05, 0.1) is 0 Å². The Morgan fingerprint density at radius 1 is 0.882 bits per heavy atom. The van der Waals surface area contributed by atoms with Crippen molar-refractivity contribution in [3.63, 3.8) is 0 Å². The SMILES string of the molecule is C=C(C)C(=O)C1CC2(C1)CC(C(=O)C(=C)C)C2. The Labute approximate surface area is 103 Å². The van der Waals surface area contributed by atoms with Crippen molar-refractivity contribution in [3.05, 3.63) is 24.3 Å². The van der Waals surface area contributed by atoms with Gasteiger partial charge in [0.15, 0.2) is 11.6 Å². The third-order valence-corrected chi connectivity index (χ3v) is 4.30. The first-order valence-electron chi connectivity index (χ1n) is 6.24. The van der Waals surface area contributed by atoms with Crippen molar-refractivity contribution < 1.29 is 9.59 Å². The Balaban J connectivity index is 1.83. The zero-order valence-corrected chi connectivity index (χ0v) is 10.7. The highest BCUT2D eigenvalue weighted by Gasteiger charge is 2.55. The summed E-state index contributed by atoms with van der Waals surface area (Å²) < 4.78 is 0. The van der Waals surface area contributed by atoms with Gasteiger partial charge in [0.1, 0.15) is 0 Å². The Hall–Kier alpha value is -1.18. The maximum atomic E-state index is 11.7. The fourth-order valence-corrected chi connectivity index (χ4v) is 3.37. The van der Waals surface area contributed by atoms with Crippen LogP contribution in [-0.4, -0.2) is 11.6 Å². The molecule has 2 fully saturated rings. The summed E-state index contributed by atoms with van der Waals surface area (Å²) in [6.07, 6.45) is 3.83. The molecule has 17 heavy (non-hydrogen) atoms. The van der Waals surface area contributed by atoms with Crippen molar-refractivity contribution in [3.8, 4) is 0 Å². The number of carbonyl (C=O) groups is 2. The maximum Gasteiger partial charge on any atom is 0.161 e. The van der Waals surface area contributed by atoms with E-state index in [1.54, 1.807) is 13.8 Å². The Morgan fingerprint density at radius 3 is 1.41 bits per heavy atom. The van der Waals surface area contributed by atoms with E-state index in [0.717, 1.165) is 25.7 Å². The van der Waals surface area contributed by atoms with Crippen LogP contribution in [0.2, 0.25) is 0 Å². The zero-order valence-electron chi connectivity index (χ0n) is 10.7. The molecular weight excluding hydrogens is 212 g/mol. The van der Waals surface area contributed by atoms with E-state index in [-0.39, 0.29) is 23.4 Å². The van der Waals surface area contributed by atoms with E-state index < -0.39 is 0 Å². The molecule has 0 saturated heterocycles. The van der Waals surface area contributed by atoms with Crippen molar-refractivity contribution in [1.29, 1.82) is 0 Å². The van der Waals surface area contributed by atoms with Crippen molar-refractivity contribution in [1.82, 2.24) is 0 Å². The summed E-state index contributed by atoms with van der Waals surface area (Å²) in [5, 5.41) is 0. The van der Waals surface area contributed by atoms with E-state index in [4.69, 9.17) is 0 Å². The topological polar surface area (TPSA) is 34.1 Å². The minimum Gasteiger partial charge on any atom is -0.294 e. The van der Waals surface area contributed by atoms with Gasteiger partial charge < -0.3 is 0 Å². The van der Waals surface area contributed by atoms with Crippen molar-refractivity contribution in [2.24, 2.45) is 17.3 Å². The number of carbonyl (C=O) groups excluding carboxylic acids is 2. The van der Waals surface area contributed by atoms with Crippen LogP contribution >= 0.6 is 0 Å². The molecule has 0 aromatic rings. The molecule has 0 heterocycles. The predicted octanol–water partition coefficient (Wildman–Crippen LogP) is 3.08. The molecule has 2 nitrogen and oxygen atoms in total. The number of rotatable bonds is 4. The van der Waals surface area contributed by atoms with Gasteiger partial charge in [0.25, 0.3) is 0 Å². The standard InChI is InChI=1S/C15H20O2/c1-9(2)13(16)11-5-15(6-11)7-12(8-15)14(17)10(3)4/h11-12H,1,3,5-8H2,2,4H3. The Morgan fingerprint density at radius 2 is 1.18 bits per heavy atom. The van der Waals surface area contributed by atoms with Gasteiger partial charge in [-0.05, 0) is 56.1 Å². The Kier molecular flexibility index (Phi) is 2.84. The minimum atomic E-state index is 0.174. The molecule has 0 amide bonds. The first-order chi connectivity index (χ1) is 7.84. The molecule has 0 unspecified atom stereocenters. The van der Waals surface area contributed by atoms with Crippen molar-refractivity contribution in [2.75, 3.05) is 0 Å². The first kappa shape index (κ1) is 12.3. The van der Waals surface area contributed by atoms with Crippen LogP contribution in [0, 0.1) is 17.3 Å². The highest BCUT2D eigenvalue weighted by Crippen LogP contribution is 2.62. The summed E-state index contributed by atoms with van der Waals surface area (Å²) in [4.78, 5) is 23.4. The zero-order chi connectivity index (χ0) is 12.8. The molecule has 92 valence electrons. The molecule has 0 aromatic heterocycles. The Bertz CT molecular complexity index is 361. The van der Waals surface area contributed by atoms with Gasteiger partial charge in [-0.2, -0.15) is 0 Å². The number of hydrogen-bond donors (Lipinski definition) is 0. The van der Waals surface area contributed by atoms with Gasteiger partial charge >= 0.3 is 0 Å². The molecular formula is C15H20O2. The van der Waals surface area contributed by atoms with E-state index in [2.05, 4.69) is 13.2 Å². The van der Waals surface area contributed by atoms with Crippen LogP contribution in [-0.2, 0) is 9.59 Å². The smallest absolute Gasteiger partial charge is 0.161 e. The monoisotopic (exact) mass is 232 g/mol. The van der Waals surface area contributed by atoms with Crippen LogP contribution < -0.4 is 0 Å². The van der Waals surface area contributed by atoms with Gasteiger partial charge in [-0.15, -0.1) is 0 Å². The van der Waals surface area contributed by atoms with Gasteiger partial charge in [-0.3, -0.25) is 9.59 Å². The predicted molar refractivity (Wildman–Crippen MR) is 67.5 cm³/mol. The average molecular weight is 232 g/mol. The number of Topliss-reactive ketones (excluding diaryl/α,β-unsaturated/α-hetero) is 2. The van der Waals surface area contributed by atoms with Crippen LogP contribution in [0.3, 0.4) is 0 Å². The summed E-state index contributed by atoms with van der Waals surface area (Å²) in [7, 11) is 0. The average Bonchev–Trinajstić information content (AvgIpc) is 2.12. The molecule has 0 atom stereocenters. The molecule has 0 radical (unpaired) electrons. The number of ketones is 2. The molecule has 0 N–H and O–H groups in total. The lowest BCUT2D eigenvalue weighted by molar-refractivity contribution is -0.142. The lowest BCUT2D eigenvalue weighted by Gasteiger charge is -2.57. The van der Waals surface area contributed by atoms with Crippen LogP contribution in [0.15, 0.2) is 24.3 Å². The highest BCUT2D eigenvalue weighted by atomic mass is 16.1. The molecule has 0 aromatic carbocycles. The first-order valence-corrected chi connectivity index (χ1v) is 6.24. The van der Waals surface area contributed by atoms with Crippen molar-refractivity contribution >= 4 is 11.6 Å². The van der Waals surface area contributed by atoms with Crippen LogP contribution in [0.5, 0.6) is 0 Å². The molecule has 2 aliphatic rings. The fourth-order valence-electron chi connectivity index (χ4n) is 3.37. The maximum absolute atomic E-state index is 11.7. The van der Waals surface area contributed by atoms with Crippen LogP contribution in [0.1, 0.15) is 39.5 Å². The third kappa shape index (κ3) is 2.01. The molecule has 2 heteroatoms. The summed E-state index contributed by atoms with van der Waals surface area (Å²) in [6, 6.07) is 0. The normalized spacial score (nSPS) is 34.7. The lowest BCUT2D eigenvalue weighted by atomic mass is 9.46. The largest absolute Gasteiger partial charge is 0.294 e. The van der Waals surface area contributed by atoms with Gasteiger partial charge in [-0.25, -0.2) is 0 Å². The van der Waals surface area contributed by atoms with Crippen LogP contribution in [0.25, 0.3) is 0 Å². The second-order valence-electron chi connectivity index (χ2n) is 6.00. The quantitative estimate of drug-likeness (QED) is 0.698. The molecule has 1 spiro atoms. The summed E-state index contributed by atoms with van der Waals surface area (Å²) in [5.74, 6) is 0.775. The van der Waals surface area contributed by atoms with Gasteiger partial charge in [-0.1, -0.05) is 13.2 Å². The minimum absolute atomic E-state index is 0.174. The van der Waals surface area contributed by atoms with E-state index >= 15 is 0 Å².